The highest BCUT2D eigenvalue weighted by Gasteiger charge is 2.45. The summed E-state index contributed by atoms with van der Waals surface area (Å²) in [6.45, 7) is 2.39. The number of piperidine rings is 1. The first-order valence-corrected chi connectivity index (χ1v) is 9.27. The van der Waals surface area contributed by atoms with E-state index in [1.54, 1.807) is 24.3 Å². The number of hydrogen-bond donors (Lipinski definition) is 1. The molecule has 0 unspecified atom stereocenters. The first kappa shape index (κ1) is 18.7. The highest BCUT2D eigenvalue weighted by atomic mass is 16.5. The molecule has 1 saturated heterocycles. The van der Waals surface area contributed by atoms with Gasteiger partial charge in [-0.2, -0.15) is 5.26 Å². The Kier molecular flexibility index (Phi) is 5.01. The Bertz CT molecular complexity index is 1050. The zero-order valence-electron chi connectivity index (χ0n) is 15.8. The number of ether oxygens (including phenoxy) is 1. The summed E-state index contributed by atoms with van der Waals surface area (Å²) in [6.07, 6.45) is 4.08. The number of hydrogen-bond acceptors (Lipinski definition) is 8. The molecule has 1 aliphatic rings. The average molecular weight is 389 g/mol. The van der Waals surface area contributed by atoms with Gasteiger partial charge < -0.3 is 10.1 Å². The fourth-order valence-electron chi connectivity index (χ4n) is 3.40. The lowest BCUT2D eigenvalue weighted by atomic mass is 9.83. The molecule has 2 atom stereocenters. The Labute approximate surface area is 167 Å². The first-order chi connectivity index (χ1) is 14.1. The molecule has 1 N–H and O–H groups in total. The normalized spacial score (nSPS) is 21.3. The quantitative estimate of drug-likeness (QED) is 0.655. The van der Waals surface area contributed by atoms with Crippen LogP contribution in [0.3, 0.4) is 0 Å². The summed E-state index contributed by atoms with van der Waals surface area (Å²) >= 11 is 0. The minimum Gasteiger partial charge on any atom is -0.461 e. The number of aromatic nitrogens is 5. The van der Waals surface area contributed by atoms with Gasteiger partial charge in [-0.15, -0.1) is 15.0 Å². The van der Waals surface area contributed by atoms with Crippen LogP contribution in [0, 0.1) is 11.3 Å². The summed E-state index contributed by atoms with van der Waals surface area (Å²) in [7, 11) is 0. The van der Waals surface area contributed by atoms with Crippen LogP contribution < -0.4 is 10.1 Å². The summed E-state index contributed by atoms with van der Waals surface area (Å²) in [4.78, 5) is 19.3. The standard InChI is InChI=1S/C20H19N7O2/c1-14-6-8-20(12-23-14,29-18-10-15(11-21)7-9-22-18)19(28)16-4-2-3-5-17(16)27-25-13-24-26-27/h2-5,7,9-10,13-14,23H,6,8,12H2,1H3/t14-,20-/m1/s1. The smallest absolute Gasteiger partial charge is 0.215 e. The van der Waals surface area contributed by atoms with E-state index in [1.165, 1.54) is 23.4 Å². The third kappa shape index (κ3) is 3.70. The van der Waals surface area contributed by atoms with Crippen molar-refractivity contribution in [1.29, 1.82) is 5.26 Å². The molecule has 29 heavy (non-hydrogen) atoms. The van der Waals surface area contributed by atoms with E-state index in [0.29, 0.717) is 29.8 Å². The second-order valence-electron chi connectivity index (χ2n) is 6.98. The second-order valence-corrected chi connectivity index (χ2v) is 6.98. The zero-order chi connectivity index (χ0) is 20.3. The molecule has 0 spiro atoms. The van der Waals surface area contributed by atoms with E-state index in [1.807, 2.05) is 6.07 Å². The van der Waals surface area contributed by atoms with Crippen LogP contribution in [-0.4, -0.2) is 49.2 Å². The molecule has 2 aromatic heterocycles. The van der Waals surface area contributed by atoms with Crippen molar-refractivity contribution in [2.75, 3.05) is 6.54 Å². The maximum Gasteiger partial charge on any atom is 0.215 e. The maximum atomic E-state index is 13.8. The van der Waals surface area contributed by atoms with Gasteiger partial charge in [0.15, 0.2) is 11.9 Å². The Morgan fingerprint density at radius 1 is 1.38 bits per heavy atom. The molecular weight excluding hydrogens is 370 g/mol. The fraction of sp³-hybridized carbons (Fsp3) is 0.300. The number of para-hydroxylation sites is 1. The Morgan fingerprint density at radius 3 is 2.97 bits per heavy atom. The zero-order valence-corrected chi connectivity index (χ0v) is 15.8. The second kappa shape index (κ2) is 7.77. The van der Waals surface area contributed by atoms with E-state index in [-0.39, 0.29) is 17.7 Å². The van der Waals surface area contributed by atoms with Crippen molar-refractivity contribution >= 4 is 5.78 Å². The lowest BCUT2D eigenvalue weighted by Crippen LogP contribution is -2.58. The third-order valence-electron chi connectivity index (χ3n) is 5.01. The predicted molar refractivity (Wildman–Crippen MR) is 102 cm³/mol. The van der Waals surface area contributed by atoms with E-state index < -0.39 is 5.60 Å². The van der Waals surface area contributed by atoms with Gasteiger partial charge in [0, 0.05) is 30.4 Å². The van der Waals surface area contributed by atoms with E-state index >= 15 is 0 Å². The van der Waals surface area contributed by atoms with Crippen LogP contribution in [0.15, 0.2) is 48.9 Å². The van der Waals surface area contributed by atoms with Crippen molar-refractivity contribution < 1.29 is 9.53 Å². The number of tetrazole rings is 1. The van der Waals surface area contributed by atoms with Gasteiger partial charge in [0.25, 0.3) is 0 Å². The summed E-state index contributed by atoms with van der Waals surface area (Å²) < 4.78 is 6.18. The number of nitrogens with one attached hydrogen (secondary N) is 1. The molecule has 9 heteroatoms. The van der Waals surface area contributed by atoms with Gasteiger partial charge in [-0.05, 0) is 43.2 Å². The molecule has 9 nitrogen and oxygen atoms in total. The van der Waals surface area contributed by atoms with E-state index in [4.69, 9.17) is 10.00 Å². The van der Waals surface area contributed by atoms with Gasteiger partial charge >= 0.3 is 0 Å². The molecule has 1 fully saturated rings. The van der Waals surface area contributed by atoms with Crippen LogP contribution in [0.2, 0.25) is 0 Å². The summed E-state index contributed by atoms with van der Waals surface area (Å²) in [5.74, 6) is 0.0408. The van der Waals surface area contributed by atoms with E-state index in [9.17, 15) is 4.79 Å². The lowest BCUT2D eigenvalue weighted by molar-refractivity contribution is 0.0264. The molecule has 0 aliphatic carbocycles. The molecule has 0 radical (unpaired) electrons. The molecule has 4 rings (SSSR count). The molecular formula is C20H19N7O2. The molecule has 146 valence electrons. The third-order valence-corrected chi connectivity index (χ3v) is 5.01. The van der Waals surface area contributed by atoms with Crippen molar-refractivity contribution in [3.05, 3.63) is 60.0 Å². The highest BCUT2D eigenvalue weighted by Crippen LogP contribution is 2.31. The highest BCUT2D eigenvalue weighted by molar-refractivity contribution is 6.05. The first-order valence-electron chi connectivity index (χ1n) is 9.27. The van der Waals surface area contributed by atoms with Crippen molar-refractivity contribution in [2.45, 2.75) is 31.4 Å². The van der Waals surface area contributed by atoms with Crippen molar-refractivity contribution in [2.24, 2.45) is 0 Å². The van der Waals surface area contributed by atoms with Crippen LogP contribution in [0.25, 0.3) is 5.69 Å². The monoisotopic (exact) mass is 389 g/mol. The minimum atomic E-state index is -1.16. The summed E-state index contributed by atoms with van der Waals surface area (Å²) in [5.41, 5.74) is 0.208. The molecule has 0 bridgehead atoms. The molecule has 1 aromatic carbocycles. The van der Waals surface area contributed by atoms with Crippen molar-refractivity contribution in [1.82, 2.24) is 30.5 Å². The number of ketones is 1. The van der Waals surface area contributed by atoms with Gasteiger partial charge in [-0.25, -0.2) is 4.98 Å². The summed E-state index contributed by atoms with van der Waals surface area (Å²) in [5, 5.41) is 24.2. The number of pyridine rings is 1. The Hall–Kier alpha value is -3.64. The Balaban J connectivity index is 1.75. The van der Waals surface area contributed by atoms with Crippen LogP contribution in [0.4, 0.5) is 0 Å². The molecule has 3 aromatic rings. The number of carbonyl (C=O) groups excluding carboxylic acids is 1. The van der Waals surface area contributed by atoms with Gasteiger partial charge in [-0.3, -0.25) is 4.79 Å². The summed E-state index contributed by atoms with van der Waals surface area (Å²) in [6, 6.07) is 12.5. The predicted octanol–water partition coefficient (Wildman–Crippen LogP) is 1.70. The molecule has 0 amide bonds. The number of rotatable bonds is 5. The van der Waals surface area contributed by atoms with Crippen LogP contribution >= 0.6 is 0 Å². The fourth-order valence-corrected chi connectivity index (χ4v) is 3.40. The molecule has 3 heterocycles. The van der Waals surface area contributed by atoms with E-state index in [0.717, 1.165) is 6.42 Å². The van der Waals surface area contributed by atoms with Crippen LogP contribution in [0.1, 0.15) is 35.7 Å². The number of nitrogens with zero attached hydrogens (tertiary/aromatic N) is 6. The van der Waals surface area contributed by atoms with Crippen LogP contribution in [-0.2, 0) is 0 Å². The van der Waals surface area contributed by atoms with E-state index in [2.05, 4.69) is 38.7 Å². The van der Waals surface area contributed by atoms with Gasteiger partial charge in [0.05, 0.1) is 17.3 Å². The van der Waals surface area contributed by atoms with Crippen LogP contribution in [0.5, 0.6) is 5.88 Å². The van der Waals surface area contributed by atoms with Crippen molar-refractivity contribution in [3.63, 3.8) is 0 Å². The number of Topliss-reactive ketones (excluding diaryl/α,β-unsaturated/α-hetero) is 1. The largest absolute Gasteiger partial charge is 0.461 e. The Morgan fingerprint density at radius 2 is 2.24 bits per heavy atom. The number of nitriles is 1. The van der Waals surface area contributed by atoms with Gasteiger partial charge in [0.2, 0.25) is 11.7 Å². The lowest BCUT2D eigenvalue weighted by Gasteiger charge is -2.38. The maximum absolute atomic E-state index is 13.8. The minimum absolute atomic E-state index is 0.200. The number of benzene rings is 1. The van der Waals surface area contributed by atoms with Crippen molar-refractivity contribution in [3.8, 4) is 17.6 Å². The molecule has 0 saturated carbocycles. The topological polar surface area (TPSA) is 119 Å². The SMILES string of the molecule is C[C@@H]1CC[C@](Oc2cc(C#N)ccn2)(C(=O)c2ccccc2-n2ncnn2)CN1. The van der Waals surface area contributed by atoms with Gasteiger partial charge in [-0.1, -0.05) is 12.1 Å². The average Bonchev–Trinajstić information content (AvgIpc) is 3.30. The number of carbonyl (C=O) groups is 1. The van der Waals surface area contributed by atoms with Gasteiger partial charge in [0.1, 0.15) is 0 Å². The molecule has 1 aliphatic heterocycles.